The third-order valence-corrected chi connectivity index (χ3v) is 5.85. The average Bonchev–Trinajstić information content (AvgIpc) is 2.57. The molecular formula is C21H35NO. The van der Waals surface area contributed by atoms with Crippen molar-refractivity contribution in [1.29, 1.82) is 0 Å². The third kappa shape index (κ3) is 4.97. The predicted molar refractivity (Wildman–Crippen MR) is 99.3 cm³/mol. The predicted octanol–water partition coefficient (Wildman–Crippen LogP) is 5.26. The molecule has 1 heterocycles. The number of hydrogen-bond donors (Lipinski definition) is 0. The van der Waals surface area contributed by atoms with E-state index in [2.05, 4.69) is 63.8 Å². The molecule has 2 heteroatoms. The minimum absolute atomic E-state index is 0.247. The van der Waals surface area contributed by atoms with Gasteiger partial charge < -0.3 is 4.74 Å². The average molecular weight is 318 g/mol. The van der Waals surface area contributed by atoms with E-state index in [4.69, 9.17) is 4.74 Å². The van der Waals surface area contributed by atoms with Gasteiger partial charge in [0.2, 0.25) is 0 Å². The Hall–Kier alpha value is -1.02. The van der Waals surface area contributed by atoms with Crippen LogP contribution in [0.25, 0.3) is 0 Å². The van der Waals surface area contributed by atoms with Gasteiger partial charge in [0.25, 0.3) is 0 Å². The van der Waals surface area contributed by atoms with Gasteiger partial charge >= 0.3 is 0 Å². The number of rotatable bonds is 7. The molecule has 0 amide bonds. The highest BCUT2D eigenvalue weighted by molar-refractivity contribution is 5.31. The Morgan fingerprint density at radius 2 is 1.83 bits per heavy atom. The Morgan fingerprint density at radius 1 is 1.13 bits per heavy atom. The smallest absolute Gasteiger partial charge is 0.119 e. The molecule has 2 rings (SSSR count). The summed E-state index contributed by atoms with van der Waals surface area (Å²) in [6.07, 6.45) is 5.18. The maximum atomic E-state index is 5.99. The fourth-order valence-electron chi connectivity index (χ4n) is 3.39. The maximum absolute atomic E-state index is 5.99. The molecule has 23 heavy (non-hydrogen) atoms. The van der Waals surface area contributed by atoms with Crippen LogP contribution in [-0.4, -0.2) is 30.6 Å². The number of ether oxygens (including phenoxy) is 1. The second-order valence-corrected chi connectivity index (χ2v) is 7.81. The molecule has 1 fully saturated rings. The van der Waals surface area contributed by atoms with Gasteiger partial charge in [0.15, 0.2) is 0 Å². The van der Waals surface area contributed by atoms with Crippen molar-refractivity contribution in [3.8, 4) is 5.75 Å². The Labute approximate surface area is 143 Å². The van der Waals surface area contributed by atoms with Crippen LogP contribution in [0.3, 0.4) is 0 Å². The van der Waals surface area contributed by atoms with Gasteiger partial charge in [0.1, 0.15) is 12.4 Å². The summed E-state index contributed by atoms with van der Waals surface area (Å²) in [4.78, 5) is 2.60. The van der Waals surface area contributed by atoms with Gasteiger partial charge in [0, 0.05) is 19.1 Å². The first-order valence-electron chi connectivity index (χ1n) is 9.43. The van der Waals surface area contributed by atoms with Crippen LogP contribution in [0, 0.1) is 5.92 Å². The molecule has 0 bridgehead atoms. The van der Waals surface area contributed by atoms with Gasteiger partial charge in [-0.25, -0.2) is 0 Å². The van der Waals surface area contributed by atoms with Crippen LogP contribution in [0.1, 0.15) is 65.9 Å². The Morgan fingerprint density at radius 3 is 2.43 bits per heavy atom. The van der Waals surface area contributed by atoms with E-state index in [0.717, 1.165) is 31.2 Å². The number of hydrogen-bond acceptors (Lipinski definition) is 2. The lowest BCUT2D eigenvalue weighted by Crippen LogP contribution is -2.43. The Kier molecular flexibility index (Phi) is 6.52. The summed E-state index contributed by atoms with van der Waals surface area (Å²) in [5, 5.41) is 0. The summed E-state index contributed by atoms with van der Waals surface area (Å²) in [6.45, 7) is 14.6. The fourth-order valence-corrected chi connectivity index (χ4v) is 3.39. The zero-order chi connectivity index (χ0) is 16.9. The number of likely N-dealkylation sites (tertiary alicyclic amines) is 1. The van der Waals surface area contributed by atoms with Crippen molar-refractivity contribution in [2.24, 2.45) is 5.92 Å². The van der Waals surface area contributed by atoms with Crippen LogP contribution < -0.4 is 4.74 Å². The van der Waals surface area contributed by atoms with Crippen molar-refractivity contribution in [1.82, 2.24) is 4.90 Å². The van der Waals surface area contributed by atoms with E-state index >= 15 is 0 Å². The standard InChI is InChI=1S/C21H35NO/c1-6-18-9-8-17(3)22(16-18)14-15-23-20-12-10-19(11-13-20)21(4,5)7-2/h10-13,17-18H,6-9,14-16H2,1-5H3. The normalized spacial score (nSPS) is 23.0. The van der Waals surface area contributed by atoms with Crippen molar-refractivity contribution >= 4 is 0 Å². The van der Waals surface area contributed by atoms with Crippen molar-refractivity contribution in [3.63, 3.8) is 0 Å². The SMILES string of the molecule is CCC1CCC(C)N(CCOc2ccc(C(C)(C)CC)cc2)C1. The first-order valence-corrected chi connectivity index (χ1v) is 9.43. The molecule has 130 valence electrons. The molecule has 1 aromatic rings. The van der Waals surface area contributed by atoms with Gasteiger partial charge in [-0.05, 0) is 55.2 Å². The van der Waals surface area contributed by atoms with Crippen molar-refractivity contribution in [2.45, 2.75) is 71.8 Å². The number of benzene rings is 1. The molecule has 2 unspecified atom stereocenters. The maximum Gasteiger partial charge on any atom is 0.119 e. The largest absolute Gasteiger partial charge is 0.492 e. The molecule has 2 nitrogen and oxygen atoms in total. The van der Waals surface area contributed by atoms with Crippen LogP contribution in [0.15, 0.2) is 24.3 Å². The van der Waals surface area contributed by atoms with Crippen molar-refractivity contribution in [3.05, 3.63) is 29.8 Å². The van der Waals surface area contributed by atoms with Crippen molar-refractivity contribution < 1.29 is 4.74 Å². The molecule has 0 aliphatic carbocycles. The molecule has 0 saturated carbocycles. The summed E-state index contributed by atoms with van der Waals surface area (Å²) >= 11 is 0. The summed E-state index contributed by atoms with van der Waals surface area (Å²) < 4.78 is 5.99. The topological polar surface area (TPSA) is 12.5 Å². The Bertz CT molecular complexity index is 465. The van der Waals surface area contributed by atoms with Crippen molar-refractivity contribution in [2.75, 3.05) is 19.7 Å². The van der Waals surface area contributed by atoms with E-state index in [9.17, 15) is 0 Å². The first kappa shape index (κ1) is 18.3. The zero-order valence-electron chi connectivity index (χ0n) is 15.8. The molecule has 1 saturated heterocycles. The van der Waals surface area contributed by atoms with E-state index in [1.807, 2.05) is 0 Å². The molecule has 1 aromatic carbocycles. The second-order valence-electron chi connectivity index (χ2n) is 7.81. The van der Waals surface area contributed by atoms with E-state index in [-0.39, 0.29) is 5.41 Å². The first-order chi connectivity index (χ1) is 11.0. The van der Waals surface area contributed by atoms with Gasteiger partial charge in [0.05, 0.1) is 0 Å². The minimum atomic E-state index is 0.247. The fraction of sp³-hybridized carbons (Fsp3) is 0.714. The highest BCUT2D eigenvalue weighted by Gasteiger charge is 2.24. The van der Waals surface area contributed by atoms with Gasteiger partial charge in [-0.2, -0.15) is 0 Å². The molecule has 0 spiro atoms. The molecule has 2 atom stereocenters. The van der Waals surface area contributed by atoms with E-state index in [0.29, 0.717) is 6.04 Å². The molecule has 1 aliphatic rings. The quantitative estimate of drug-likeness (QED) is 0.680. The highest BCUT2D eigenvalue weighted by Crippen LogP contribution is 2.28. The lowest BCUT2D eigenvalue weighted by Gasteiger charge is -2.37. The third-order valence-electron chi connectivity index (χ3n) is 5.85. The monoisotopic (exact) mass is 317 g/mol. The summed E-state index contributed by atoms with van der Waals surface area (Å²) in [7, 11) is 0. The Balaban J connectivity index is 1.82. The number of piperidine rings is 1. The second kappa shape index (κ2) is 8.19. The molecule has 1 aliphatic heterocycles. The molecule has 0 N–H and O–H groups in total. The lowest BCUT2D eigenvalue weighted by atomic mass is 9.82. The van der Waals surface area contributed by atoms with Gasteiger partial charge in [-0.15, -0.1) is 0 Å². The van der Waals surface area contributed by atoms with E-state index < -0.39 is 0 Å². The number of nitrogens with zero attached hydrogens (tertiary/aromatic N) is 1. The van der Waals surface area contributed by atoms with E-state index in [1.165, 1.54) is 31.4 Å². The van der Waals surface area contributed by atoms with Gasteiger partial charge in [-0.3, -0.25) is 4.90 Å². The summed E-state index contributed by atoms with van der Waals surface area (Å²) in [6, 6.07) is 9.39. The minimum Gasteiger partial charge on any atom is -0.492 e. The van der Waals surface area contributed by atoms with E-state index in [1.54, 1.807) is 0 Å². The van der Waals surface area contributed by atoms with Crippen LogP contribution in [0.4, 0.5) is 0 Å². The lowest BCUT2D eigenvalue weighted by molar-refractivity contribution is 0.0975. The molecular weight excluding hydrogens is 282 g/mol. The summed E-state index contributed by atoms with van der Waals surface area (Å²) in [5.74, 6) is 1.87. The van der Waals surface area contributed by atoms with Crippen LogP contribution in [0.5, 0.6) is 5.75 Å². The summed E-state index contributed by atoms with van der Waals surface area (Å²) in [5.41, 5.74) is 1.64. The van der Waals surface area contributed by atoms with Gasteiger partial charge in [-0.1, -0.05) is 46.2 Å². The van der Waals surface area contributed by atoms with Crippen LogP contribution >= 0.6 is 0 Å². The molecule has 0 aromatic heterocycles. The van der Waals surface area contributed by atoms with Crippen LogP contribution in [0.2, 0.25) is 0 Å². The molecule has 0 radical (unpaired) electrons. The highest BCUT2D eigenvalue weighted by atomic mass is 16.5. The zero-order valence-corrected chi connectivity index (χ0v) is 15.8. The van der Waals surface area contributed by atoms with Crippen LogP contribution in [-0.2, 0) is 5.41 Å².